The van der Waals surface area contributed by atoms with Gasteiger partial charge in [0, 0.05) is 24.0 Å². The maximum atomic E-state index is 5.30. The molecule has 164 valence electrons. The topological polar surface area (TPSA) is 28.6 Å². The van der Waals surface area contributed by atoms with E-state index in [1.54, 1.807) is 18.4 Å². The van der Waals surface area contributed by atoms with Crippen LogP contribution in [0.25, 0.3) is 11.3 Å². The molecular weight excluding hydrogens is 402 g/mol. The van der Waals surface area contributed by atoms with Crippen molar-refractivity contribution in [2.75, 3.05) is 40.3 Å². The Bertz CT molecular complexity index is 917. The SMILES string of the molecule is COc1ccc(CCN(Cc2nc(-c3ccccc3)cs2)CC2CCN(C)CC2)cc1. The first-order chi connectivity index (χ1) is 15.2. The van der Waals surface area contributed by atoms with Crippen molar-refractivity contribution in [1.82, 2.24) is 14.8 Å². The Morgan fingerprint density at radius 2 is 1.81 bits per heavy atom. The number of thiazole rings is 1. The fourth-order valence-electron chi connectivity index (χ4n) is 4.24. The zero-order chi connectivity index (χ0) is 21.5. The summed E-state index contributed by atoms with van der Waals surface area (Å²) in [6.07, 6.45) is 3.64. The van der Waals surface area contributed by atoms with Crippen LogP contribution in [0.15, 0.2) is 60.0 Å². The Hall–Kier alpha value is -2.21. The van der Waals surface area contributed by atoms with Crippen LogP contribution < -0.4 is 4.74 Å². The summed E-state index contributed by atoms with van der Waals surface area (Å²) in [5.41, 5.74) is 3.65. The molecule has 0 N–H and O–H groups in total. The van der Waals surface area contributed by atoms with Gasteiger partial charge in [0.05, 0.1) is 19.3 Å². The molecule has 1 fully saturated rings. The summed E-state index contributed by atoms with van der Waals surface area (Å²) < 4.78 is 5.30. The van der Waals surface area contributed by atoms with Crippen LogP contribution in [-0.2, 0) is 13.0 Å². The van der Waals surface area contributed by atoms with Gasteiger partial charge in [0.2, 0.25) is 0 Å². The lowest BCUT2D eigenvalue weighted by Crippen LogP contribution is -2.37. The average Bonchev–Trinajstić information content (AvgIpc) is 3.28. The summed E-state index contributed by atoms with van der Waals surface area (Å²) in [6.45, 7) is 5.57. The highest BCUT2D eigenvalue weighted by Gasteiger charge is 2.20. The molecule has 1 aliphatic rings. The molecule has 0 unspecified atom stereocenters. The van der Waals surface area contributed by atoms with E-state index in [9.17, 15) is 0 Å². The van der Waals surface area contributed by atoms with Gasteiger partial charge in [0.25, 0.3) is 0 Å². The van der Waals surface area contributed by atoms with E-state index in [1.807, 2.05) is 0 Å². The number of methoxy groups -OCH3 is 1. The number of hydrogen-bond donors (Lipinski definition) is 0. The van der Waals surface area contributed by atoms with Gasteiger partial charge in [0.15, 0.2) is 0 Å². The molecule has 0 spiro atoms. The fourth-order valence-corrected chi connectivity index (χ4v) is 5.09. The van der Waals surface area contributed by atoms with Gasteiger partial charge >= 0.3 is 0 Å². The van der Waals surface area contributed by atoms with Crippen LogP contribution in [0.4, 0.5) is 0 Å². The first kappa shape index (κ1) is 22.0. The summed E-state index contributed by atoms with van der Waals surface area (Å²) in [7, 11) is 3.95. The molecule has 3 aromatic rings. The van der Waals surface area contributed by atoms with Crippen LogP contribution in [0.5, 0.6) is 5.75 Å². The molecule has 31 heavy (non-hydrogen) atoms. The van der Waals surface area contributed by atoms with Crippen molar-refractivity contribution >= 4 is 11.3 Å². The minimum absolute atomic E-state index is 0.778. The third-order valence-corrected chi connectivity index (χ3v) is 7.04. The number of likely N-dealkylation sites (tertiary alicyclic amines) is 1. The van der Waals surface area contributed by atoms with Gasteiger partial charge < -0.3 is 9.64 Å². The highest BCUT2D eigenvalue weighted by atomic mass is 32.1. The summed E-state index contributed by atoms with van der Waals surface area (Å²) >= 11 is 1.78. The van der Waals surface area contributed by atoms with E-state index in [1.165, 1.54) is 42.1 Å². The van der Waals surface area contributed by atoms with Gasteiger partial charge in [-0.15, -0.1) is 11.3 Å². The molecule has 0 amide bonds. The standard InChI is InChI=1S/C26H33N3OS/c1-28-15-12-22(13-16-28)18-29(17-14-21-8-10-24(30-2)11-9-21)19-26-27-25(20-31-26)23-6-4-3-5-7-23/h3-11,20,22H,12-19H2,1-2H3. The third-order valence-electron chi connectivity index (χ3n) is 6.21. The molecule has 4 nitrogen and oxygen atoms in total. The molecule has 1 aromatic heterocycles. The lowest BCUT2D eigenvalue weighted by atomic mass is 9.96. The molecular formula is C26H33N3OS. The van der Waals surface area contributed by atoms with Crippen molar-refractivity contribution in [1.29, 1.82) is 0 Å². The Labute approximate surface area is 190 Å². The molecule has 2 aromatic carbocycles. The summed E-state index contributed by atoms with van der Waals surface area (Å²) in [6, 6.07) is 19.0. The summed E-state index contributed by atoms with van der Waals surface area (Å²) in [4.78, 5) is 10.0. The molecule has 1 aliphatic heterocycles. The number of aromatic nitrogens is 1. The van der Waals surface area contributed by atoms with Crippen LogP contribution in [-0.4, -0.2) is 55.1 Å². The van der Waals surface area contributed by atoms with Crippen LogP contribution in [0, 0.1) is 5.92 Å². The zero-order valence-corrected chi connectivity index (χ0v) is 19.5. The van der Waals surface area contributed by atoms with E-state index in [4.69, 9.17) is 9.72 Å². The molecule has 0 radical (unpaired) electrons. The minimum atomic E-state index is 0.778. The molecule has 0 bridgehead atoms. The minimum Gasteiger partial charge on any atom is -0.497 e. The zero-order valence-electron chi connectivity index (χ0n) is 18.7. The van der Waals surface area contributed by atoms with Gasteiger partial charge in [0.1, 0.15) is 10.8 Å². The van der Waals surface area contributed by atoms with E-state index in [0.717, 1.165) is 43.4 Å². The lowest BCUT2D eigenvalue weighted by Gasteiger charge is -2.33. The smallest absolute Gasteiger partial charge is 0.118 e. The molecule has 0 saturated carbocycles. The molecule has 4 rings (SSSR count). The maximum absolute atomic E-state index is 5.30. The molecule has 0 aliphatic carbocycles. The number of benzene rings is 2. The van der Waals surface area contributed by atoms with Crippen molar-refractivity contribution in [2.45, 2.75) is 25.8 Å². The van der Waals surface area contributed by atoms with Crippen LogP contribution >= 0.6 is 11.3 Å². The normalized spacial score (nSPS) is 15.5. The predicted octanol–water partition coefficient (Wildman–Crippen LogP) is 5.21. The quantitative estimate of drug-likeness (QED) is 0.462. The number of ether oxygens (including phenoxy) is 1. The fraction of sp³-hybridized carbons (Fsp3) is 0.423. The summed E-state index contributed by atoms with van der Waals surface area (Å²) in [5, 5.41) is 3.41. The summed E-state index contributed by atoms with van der Waals surface area (Å²) in [5.74, 6) is 1.70. The van der Waals surface area contributed by atoms with Gasteiger partial charge in [-0.2, -0.15) is 0 Å². The maximum Gasteiger partial charge on any atom is 0.118 e. The number of piperidine rings is 1. The number of hydrogen-bond acceptors (Lipinski definition) is 5. The molecule has 2 heterocycles. The van der Waals surface area contributed by atoms with Gasteiger partial charge in [-0.1, -0.05) is 42.5 Å². The Balaban J connectivity index is 1.41. The first-order valence-electron chi connectivity index (χ1n) is 11.2. The molecule has 5 heteroatoms. The second-order valence-electron chi connectivity index (χ2n) is 8.57. The van der Waals surface area contributed by atoms with Gasteiger partial charge in [-0.05, 0) is 63.0 Å². The van der Waals surface area contributed by atoms with Crippen LogP contribution in [0.2, 0.25) is 0 Å². The highest BCUT2D eigenvalue weighted by molar-refractivity contribution is 7.09. The monoisotopic (exact) mass is 435 g/mol. The van der Waals surface area contributed by atoms with E-state index in [2.05, 4.69) is 76.8 Å². The van der Waals surface area contributed by atoms with Crippen molar-refractivity contribution < 1.29 is 4.74 Å². The average molecular weight is 436 g/mol. The Morgan fingerprint density at radius 1 is 1.06 bits per heavy atom. The highest BCUT2D eigenvalue weighted by Crippen LogP contribution is 2.24. The Morgan fingerprint density at radius 3 is 2.52 bits per heavy atom. The number of rotatable bonds is 9. The number of nitrogens with zero attached hydrogens (tertiary/aromatic N) is 3. The molecule has 0 atom stereocenters. The van der Waals surface area contributed by atoms with Crippen molar-refractivity contribution in [3.63, 3.8) is 0 Å². The van der Waals surface area contributed by atoms with E-state index in [-0.39, 0.29) is 0 Å². The van der Waals surface area contributed by atoms with E-state index >= 15 is 0 Å². The van der Waals surface area contributed by atoms with Gasteiger partial charge in [-0.25, -0.2) is 4.98 Å². The largest absolute Gasteiger partial charge is 0.497 e. The van der Waals surface area contributed by atoms with Crippen molar-refractivity contribution in [2.24, 2.45) is 5.92 Å². The first-order valence-corrected chi connectivity index (χ1v) is 12.1. The van der Waals surface area contributed by atoms with Crippen LogP contribution in [0.3, 0.4) is 0 Å². The van der Waals surface area contributed by atoms with Gasteiger partial charge in [-0.3, -0.25) is 4.90 Å². The van der Waals surface area contributed by atoms with Crippen molar-refractivity contribution in [3.8, 4) is 17.0 Å². The second-order valence-corrected chi connectivity index (χ2v) is 9.52. The third kappa shape index (κ3) is 6.39. The van der Waals surface area contributed by atoms with Crippen LogP contribution in [0.1, 0.15) is 23.4 Å². The second kappa shape index (κ2) is 10.9. The lowest BCUT2D eigenvalue weighted by molar-refractivity contribution is 0.157. The van der Waals surface area contributed by atoms with E-state index in [0.29, 0.717) is 0 Å². The van der Waals surface area contributed by atoms with E-state index < -0.39 is 0 Å². The Kier molecular flexibility index (Phi) is 7.73. The van der Waals surface area contributed by atoms with Crippen molar-refractivity contribution in [3.05, 3.63) is 70.5 Å². The predicted molar refractivity (Wildman–Crippen MR) is 130 cm³/mol. The molecule has 1 saturated heterocycles.